The van der Waals surface area contributed by atoms with Crippen molar-refractivity contribution in [3.63, 3.8) is 0 Å². The molecule has 3 aliphatic rings. The van der Waals surface area contributed by atoms with E-state index in [4.69, 9.17) is 0 Å². The summed E-state index contributed by atoms with van der Waals surface area (Å²) in [6.07, 6.45) is 9.65. The van der Waals surface area contributed by atoms with Crippen LogP contribution >= 0.6 is 0 Å². The molecule has 6 nitrogen and oxygen atoms in total. The molecule has 9 rings (SSSR count). The van der Waals surface area contributed by atoms with Crippen LogP contribution in [0.25, 0.3) is 50.5 Å². The van der Waals surface area contributed by atoms with Gasteiger partial charge in [-0.25, -0.2) is 0 Å². The number of carbonyl (C=O) groups is 3. The zero-order valence-corrected chi connectivity index (χ0v) is 25.3. The Bertz CT molecular complexity index is 2100. The van der Waals surface area contributed by atoms with Gasteiger partial charge in [0.05, 0.1) is 0 Å². The maximum absolute atomic E-state index is 11.6. The van der Waals surface area contributed by atoms with Crippen LogP contribution in [0, 0.1) is 0 Å². The SMILES string of the molecule is O=C1C=Cc2cccc3ccc([O-])c1c23.O=C1C=Cc2cccc3ccc([O-])c1c23.O=C1C=Cc2cccc3ccc([O-])c1c23.[Al+3]. The Labute approximate surface area is 274 Å². The first-order chi connectivity index (χ1) is 21.8. The van der Waals surface area contributed by atoms with Gasteiger partial charge < -0.3 is 15.3 Å². The number of benzene rings is 6. The van der Waals surface area contributed by atoms with Crippen LogP contribution in [0.1, 0.15) is 47.8 Å². The standard InChI is InChI=1S/3C13H8O2.Al/c3*14-10-6-4-8-2-1-3-9-5-7-11(15)13(10)12(8)9;/h3*1-7,14H;/q;;;+3/p-3. The second-order valence-electron chi connectivity index (χ2n) is 10.7. The Morgan fingerprint density at radius 3 is 0.913 bits per heavy atom. The predicted molar refractivity (Wildman–Crippen MR) is 176 cm³/mol. The minimum Gasteiger partial charge on any atom is -0.872 e. The molecule has 0 N–H and O–H groups in total. The molecule has 0 fully saturated rings. The first-order valence-corrected chi connectivity index (χ1v) is 14.2. The molecular formula is C39H21AlO6. The van der Waals surface area contributed by atoms with Crippen molar-refractivity contribution in [2.75, 3.05) is 0 Å². The minimum atomic E-state index is -0.190. The Morgan fingerprint density at radius 1 is 0.348 bits per heavy atom. The Morgan fingerprint density at radius 2 is 0.630 bits per heavy atom. The number of allylic oxidation sites excluding steroid dienone is 3. The van der Waals surface area contributed by atoms with Crippen molar-refractivity contribution >= 4 is 85.3 Å². The summed E-state index contributed by atoms with van der Waals surface area (Å²) in [5.41, 5.74) is 3.77. The molecule has 0 saturated heterocycles. The number of rotatable bonds is 0. The zero-order chi connectivity index (χ0) is 31.2. The van der Waals surface area contributed by atoms with Crippen LogP contribution in [0.4, 0.5) is 0 Å². The molecular weight excluding hydrogens is 591 g/mol. The third kappa shape index (κ3) is 5.08. The zero-order valence-electron chi connectivity index (χ0n) is 24.2. The second kappa shape index (κ2) is 12.0. The van der Waals surface area contributed by atoms with Crippen molar-refractivity contribution in [2.24, 2.45) is 0 Å². The van der Waals surface area contributed by atoms with E-state index in [0.717, 1.165) is 49.0 Å². The molecule has 7 heteroatoms. The van der Waals surface area contributed by atoms with Gasteiger partial charge in [0, 0.05) is 16.7 Å². The van der Waals surface area contributed by atoms with Gasteiger partial charge >= 0.3 is 17.4 Å². The molecule has 6 aromatic carbocycles. The largest absolute Gasteiger partial charge is 3.00 e. The smallest absolute Gasteiger partial charge is 0.872 e. The van der Waals surface area contributed by atoms with Crippen LogP contribution in [0.3, 0.4) is 0 Å². The van der Waals surface area contributed by atoms with Gasteiger partial charge in [0.2, 0.25) is 0 Å². The van der Waals surface area contributed by atoms with E-state index in [1.165, 1.54) is 36.4 Å². The van der Waals surface area contributed by atoms with Crippen molar-refractivity contribution in [2.45, 2.75) is 0 Å². The first kappa shape index (κ1) is 30.3. The van der Waals surface area contributed by atoms with Crippen molar-refractivity contribution < 1.29 is 29.7 Å². The molecule has 0 unspecified atom stereocenters. The van der Waals surface area contributed by atoms with Crippen molar-refractivity contribution in [3.05, 3.63) is 143 Å². The van der Waals surface area contributed by atoms with Crippen LogP contribution in [0.5, 0.6) is 17.2 Å². The third-order valence-corrected chi connectivity index (χ3v) is 8.10. The van der Waals surface area contributed by atoms with Crippen molar-refractivity contribution in [1.82, 2.24) is 0 Å². The van der Waals surface area contributed by atoms with E-state index in [1.807, 2.05) is 54.6 Å². The molecule has 0 bridgehead atoms. The van der Waals surface area contributed by atoms with Gasteiger partial charge in [-0.15, -0.1) is 0 Å². The van der Waals surface area contributed by atoms with Gasteiger partial charge in [-0.2, -0.15) is 0 Å². The Kier molecular flexibility index (Phi) is 7.89. The monoisotopic (exact) mass is 612 g/mol. The molecule has 0 heterocycles. The summed E-state index contributed by atoms with van der Waals surface area (Å²) in [5, 5.41) is 40.0. The topological polar surface area (TPSA) is 120 Å². The van der Waals surface area contributed by atoms with E-state index in [0.29, 0.717) is 16.7 Å². The fourth-order valence-electron chi connectivity index (χ4n) is 6.06. The number of ketones is 3. The van der Waals surface area contributed by atoms with Gasteiger partial charge in [0.25, 0.3) is 0 Å². The molecule has 0 amide bonds. The molecule has 3 aliphatic carbocycles. The summed E-state index contributed by atoms with van der Waals surface area (Å²) < 4.78 is 0. The first-order valence-electron chi connectivity index (χ1n) is 14.2. The van der Waals surface area contributed by atoms with E-state index < -0.39 is 0 Å². The van der Waals surface area contributed by atoms with Crippen LogP contribution < -0.4 is 15.3 Å². The second-order valence-corrected chi connectivity index (χ2v) is 10.7. The van der Waals surface area contributed by atoms with E-state index in [1.54, 1.807) is 36.4 Å². The van der Waals surface area contributed by atoms with Gasteiger partial charge in [-0.05, 0) is 67.2 Å². The number of hydrogen-bond acceptors (Lipinski definition) is 6. The van der Waals surface area contributed by atoms with Crippen molar-refractivity contribution in [3.8, 4) is 17.2 Å². The third-order valence-electron chi connectivity index (χ3n) is 8.10. The average molecular weight is 613 g/mol. The average Bonchev–Trinajstić information content (AvgIpc) is 3.05. The van der Waals surface area contributed by atoms with E-state index in [2.05, 4.69) is 0 Å². The summed E-state index contributed by atoms with van der Waals surface area (Å²) in [5.74, 6) is -1.14. The normalized spacial score (nSPS) is 13.2. The minimum absolute atomic E-state index is 0. The molecule has 216 valence electrons. The molecule has 0 aliphatic heterocycles. The predicted octanol–water partition coefficient (Wildman–Crippen LogP) is 5.99. The van der Waals surface area contributed by atoms with Crippen LogP contribution in [0.2, 0.25) is 0 Å². The van der Waals surface area contributed by atoms with Crippen LogP contribution in [0.15, 0.2) is 109 Å². The summed E-state index contributed by atoms with van der Waals surface area (Å²) in [4.78, 5) is 34.8. The molecule has 0 radical (unpaired) electrons. The van der Waals surface area contributed by atoms with E-state index in [9.17, 15) is 29.7 Å². The maximum atomic E-state index is 11.6. The molecule has 0 spiro atoms. The Hall–Kier alpha value is -5.74. The van der Waals surface area contributed by atoms with E-state index in [-0.39, 0.29) is 52.0 Å². The van der Waals surface area contributed by atoms with Gasteiger partial charge in [0.1, 0.15) is 0 Å². The van der Waals surface area contributed by atoms with Crippen LogP contribution in [-0.2, 0) is 0 Å². The summed E-state index contributed by atoms with van der Waals surface area (Å²) in [6, 6.07) is 26.9. The number of carbonyl (C=O) groups excluding carboxylic acids is 3. The molecule has 0 atom stereocenters. The fourth-order valence-corrected chi connectivity index (χ4v) is 6.06. The maximum Gasteiger partial charge on any atom is 3.00 e. The van der Waals surface area contributed by atoms with Gasteiger partial charge in [-0.1, -0.05) is 126 Å². The summed E-state index contributed by atoms with van der Waals surface area (Å²) >= 11 is 0. The molecule has 6 aromatic rings. The van der Waals surface area contributed by atoms with Crippen molar-refractivity contribution in [1.29, 1.82) is 0 Å². The summed E-state index contributed by atoms with van der Waals surface area (Å²) in [7, 11) is 0. The Balaban J connectivity index is 0.000000120. The van der Waals surface area contributed by atoms with Crippen LogP contribution in [-0.4, -0.2) is 34.7 Å². The van der Waals surface area contributed by atoms with Gasteiger partial charge in [-0.3, -0.25) is 14.4 Å². The number of hydrogen-bond donors (Lipinski definition) is 0. The van der Waals surface area contributed by atoms with E-state index >= 15 is 0 Å². The van der Waals surface area contributed by atoms with Gasteiger partial charge in [0.15, 0.2) is 17.3 Å². The quantitative estimate of drug-likeness (QED) is 0.195. The molecule has 0 saturated carbocycles. The molecule has 0 aromatic heterocycles. The molecule has 46 heavy (non-hydrogen) atoms. The fraction of sp³-hybridized carbons (Fsp3) is 0. The summed E-state index contributed by atoms with van der Waals surface area (Å²) in [6.45, 7) is 0.